The summed E-state index contributed by atoms with van der Waals surface area (Å²) in [6, 6.07) is 0. The van der Waals surface area contributed by atoms with Crippen LogP contribution in [-0.2, 0) is 4.79 Å². The molecule has 0 spiro atoms. The molecule has 2 unspecified atom stereocenters. The van der Waals surface area contributed by atoms with Gasteiger partial charge in [-0.3, -0.25) is 4.79 Å². The van der Waals surface area contributed by atoms with Crippen molar-refractivity contribution in [1.29, 1.82) is 0 Å². The number of hydrogen-bond acceptors (Lipinski definition) is 3. The van der Waals surface area contributed by atoms with Gasteiger partial charge in [-0.1, -0.05) is 0 Å². The van der Waals surface area contributed by atoms with E-state index in [2.05, 4.69) is 5.32 Å². The summed E-state index contributed by atoms with van der Waals surface area (Å²) in [7, 11) is 0. The Hall–Kier alpha value is -0.220. The average Bonchev–Trinajstić information content (AvgIpc) is 2.31. The quantitative estimate of drug-likeness (QED) is 0.757. The maximum absolute atomic E-state index is 11.5. The normalized spacial score (nSPS) is 37.5. The Kier molecular flexibility index (Phi) is 3.57. The van der Waals surface area contributed by atoms with Crippen LogP contribution in [0.5, 0.6) is 0 Å². The summed E-state index contributed by atoms with van der Waals surface area (Å²) < 4.78 is 0. The smallest absolute Gasteiger partial charge is 0.324 e. The molecule has 4 heteroatoms. The number of rotatable bonds is 2. The molecule has 0 amide bonds. The maximum atomic E-state index is 11.5. The molecule has 86 valence electrons. The van der Waals surface area contributed by atoms with Gasteiger partial charge < -0.3 is 10.4 Å². The fourth-order valence-corrected chi connectivity index (χ4v) is 4.04. The van der Waals surface area contributed by atoms with Gasteiger partial charge in [0.05, 0.1) is 0 Å². The van der Waals surface area contributed by atoms with Gasteiger partial charge in [-0.15, -0.1) is 0 Å². The highest BCUT2D eigenvalue weighted by Gasteiger charge is 2.46. The molecule has 0 radical (unpaired) electrons. The lowest BCUT2D eigenvalue weighted by atomic mass is 9.76. The van der Waals surface area contributed by atoms with Gasteiger partial charge in [-0.05, 0) is 56.1 Å². The molecule has 2 rings (SSSR count). The van der Waals surface area contributed by atoms with Crippen molar-refractivity contribution in [2.45, 2.75) is 37.6 Å². The molecule has 2 aliphatic heterocycles. The minimum absolute atomic E-state index is 0.328. The summed E-state index contributed by atoms with van der Waals surface area (Å²) in [6.07, 6.45) is 5.24. The second-order valence-electron chi connectivity index (χ2n) is 4.57. The second-order valence-corrected chi connectivity index (χ2v) is 5.72. The number of thioether (sulfide) groups is 1. The highest BCUT2D eigenvalue weighted by Crippen LogP contribution is 2.36. The first kappa shape index (κ1) is 11.3. The molecule has 2 atom stereocenters. The van der Waals surface area contributed by atoms with Crippen molar-refractivity contribution in [2.75, 3.05) is 18.1 Å². The Bertz CT molecular complexity index is 233. The largest absolute Gasteiger partial charge is 0.480 e. The number of carboxylic acid groups (broad SMARTS) is 1. The zero-order valence-electron chi connectivity index (χ0n) is 9.00. The molecule has 0 aliphatic carbocycles. The minimum atomic E-state index is -0.630. The molecular weight excluding hydrogens is 210 g/mol. The Labute approximate surface area is 95.0 Å². The first-order chi connectivity index (χ1) is 7.26. The second kappa shape index (κ2) is 4.74. The summed E-state index contributed by atoms with van der Waals surface area (Å²) >= 11 is 1.91. The predicted octanol–water partition coefficient (Wildman–Crippen LogP) is 1.73. The Morgan fingerprint density at radius 2 is 2.27 bits per heavy atom. The molecule has 2 aliphatic rings. The van der Waals surface area contributed by atoms with Crippen molar-refractivity contribution in [3.63, 3.8) is 0 Å². The molecule has 0 aromatic rings. The topological polar surface area (TPSA) is 49.3 Å². The van der Waals surface area contributed by atoms with Crippen molar-refractivity contribution >= 4 is 17.7 Å². The van der Waals surface area contributed by atoms with Crippen LogP contribution in [0, 0.1) is 5.92 Å². The van der Waals surface area contributed by atoms with Crippen LogP contribution in [0.2, 0.25) is 0 Å². The van der Waals surface area contributed by atoms with Crippen LogP contribution in [0.25, 0.3) is 0 Å². The van der Waals surface area contributed by atoms with Gasteiger partial charge in [-0.2, -0.15) is 11.8 Å². The number of nitrogens with one attached hydrogen (secondary N) is 1. The van der Waals surface area contributed by atoms with E-state index in [9.17, 15) is 9.90 Å². The van der Waals surface area contributed by atoms with Crippen molar-refractivity contribution in [3.8, 4) is 0 Å². The van der Waals surface area contributed by atoms with E-state index in [1.54, 1.807) is 0 Å². The van der Waals surface area contributed by atoms with Gasteiger partial charge >= 0.3 is 5.97 Å². The molecule has 0 aromatic heterocycles. The number of carboxylic acids is 1. The first-order valence-electron chi connectivity index (χ1n) is 5.82. The van der Waals surface area contributed by atoms with Crippen LogP contribution >= 0.6 is 11.8 Å². The van der Waals surface area contributed by atoms with Crippen molar-refractivity contribution in [3.05, 3.63) is 0 Å². The highest BCUT2D eigenvalue weighted by atomic mass is 32.2. The molecule has 0 aromatic carbocycles. The predicted molar refractivity (Wildman–Crippen MR) is 62.3 cm³/mol. The van der Waals surface area contributed by atoms with Gasteiger partial charge in [0, 0.05) is 0 Å². The molecule has 2 fully saturated rings. The molecule has 15 heavy (non-hydrogen) atoms. The van der Waals surface area contributed by atoms with E-state index in [0.717, 1.165) is 38.0 Å². The van der Waals surface area contributed by atoms with Gasteiger partial charge in [0.15, 0.2) is 0 Å². The fraction of sp³-hybridized carbons (Fsp3) is 0.909. The lowest BCUT2D eigenvalue weighted by molar-refractivity contribution is -0.148. The lowest BCUT2D eigenvalue weighted by Gasteiger charge is -2.42. The molecule has 2 saturated heterocycles. The van der Waals surface area contributed by atoms with Gasteiger partial charge in [0.2, 0.25) is 0 Å². The fourth-order valence-electron chi connectivity index (χ4n) is 2.76. The summed E-state index contributed by atoms with van der Waals surface area (Å²) in [5, 5.41) is 12.8. The average molecular weight is 229 g/mol. The van der Waals surface area contributed by atoms with Gasteiger partial charge in [0.25, 0.3) is 0 Å². The molecule has 2 heterocycles. The molecule has 0 bridgehead atoms. The molecular formula is C11H19NO2S. The number of piperidine rings is 1. The van der Waals surface area contributed by atoms with E-state index < -0.39 is 11.5 Å². The Balaban J connectivity index is 2.12. The summed E-state index contributed by atoms with van der Waals surface area (Å²) in [4.78, 5) is 11.5. The third-order valence-corrected chi connectivity index (χ3v) is 4.89. The van der Waals surface area contributed by atoms with Crippen LogP contribution in [0.3, 0.4) is 0 Å². The van der Waals surface area contributed by atoms with Crippen LogP contribution in [0.1, 0.15) is 32.1 Å². The maximum Gasteiger partial charge on any atom is 0.324 e. The Morgan fingerprint density at radius 3 is 2.80 bits per heavy atom. The summed E-state index contributed by atoms with van der Waals surface area (Å²) in [5.41, 5.74) is -0.605. The van der Waals surface area contributed by atoms with Crippen LogP contribution in [-0.4, -0.2) is 34.7 Å². The van der Waals surface area contributed by atoms with E-state index in [1.165, 1.54) is 12.2 Å². The molecule has 2 N–H and O–H groups in total. The molecule has 0 saturated carbocycles. The SMILES string of the molecule is O=C(O)C1(C2CCCSC2)CCCCN1. The zero-order valence-corrected chi connectivity index (χ0v) is 9.81. The summed E-state index contributed by atoms with van der Waals surface area (Å²) in [6.45, 7) is 0.869. The van der Waals surface area contributed by atoms with Crippen molar-refractivity contribution in [2.24, 2.45) is 5.92 Å². The van der Waals surface area contributed by atoms with Crippen LogP contribution < -0.4 is 5.32 Å². The third kappa shape index (κ3) is 2.16. The van der Waals surface area contributed by atoms with Crippen LogP contribution in [0.4, 0.5) is 0 Å². The highest BCUT2D eigenvalue weighted by molar-refractivity contribution is 7.99. The minimum Gasteiger partial charge on any atom is -0.480 e. The van der Waals surface area contributed by atoms with E-state index in [0.29, 0.717) is 5.92 Å². The lowest BCUT2D eigenvalue weighted by Crippen LogP contribution is -2.60. The van der Waals surface area contributed by atoms with Crippen molar-refractivity contribution < 1.29 is 9.90 Å². The molecule has 3 nitrogen and oxygen atoms in total. The standard InChI is InChI=1S/C11H19NO2S/c13-10(14)11(5-1-2-6-12-11)9-4-3-7-15-8-9/h9,12H,1-8H2,(H,13,14). The monoisotopic (exact) mass is 229 g/mol. The first-order valence-corrected chi connectivity index (χ1v) is 6.97. The number of carbonyl (C=O) groups is 1. The number of aliphatic carboxylic acids is 1. The van der Waals surface area contributed by atoms with E-state index in [4.69, 9.17) is 0 Å². The third-order valence-electron chi connectivity index (χ3n) is 3.68. The van der Waals surface area contributed by atoms with Gasteiger partial charge in [0.1, 0.15) is 5.54 Å². The van der Waals surface area contributed by atoms with E-state index in [-0.39, 0.29) is 0 Å². The number of hydrogen-bond donors (Lipinski definition) is 2. The van der Waals surface area contributed by atoms with Gasteiger partial charge in [-0.25, -0.2) is 0 Å². The van der Waals surface area contributed by atoms with E-state index in [1.807, 2.05) is 11.8 Å². The summed E-state index contributed by atoms with van der Waals surface area (Å²) in [5.74, 6) is 1.91. The van der Waals surface area contributed by atoms with Crippen molar-refractivity contribution in [1.82, 2.24) is 5.32 Å². The van der Waals surface area contributed by atoms with Crippen LogP contribution in [0.15, 0.2) is 0 Å². The van der Waals surface area contributed by atoms with E-state index >= 15 is 0 Å². The zero-order chi connectivity index (χ0) is 10.7. The Morgan fingerprint density at radius 1 is 1.40 bits per heavy atom.